The van der Waals surface area contributed by atoms with E-state index in [2.05, 4.69) is 11.7 Å². The Hall–Kier alpha value is 0.01000. The van der Waals surface area contributed by atoms with E-state index in [1.165, 1.54) is 6.20 Å². The summed E-state index contributed by atoms with van der Waals surface area (Å²) in [5.74, 6) is 0. The Kier molecular flexibility index (Phi) is 4.18. The lowest BCUT2D eigenvalue weighted by Gasteiger charge is -1.81. The normalized spacial score (nSPS) is 11.4. The van der Waals surface area contributed by atoms with E-state index in [-0.39, 0.29) is 0 Å². The van der Waals surface area contributed by atoms with Crippen molar-refractivity contribution in [3.8, 4) is 0 Å². The van der Waals surface area contributed by atoms with Gasteiger partial charge < -0.3 is 0 Å². The highest BCUT2D eigenvalue weighted by atomic mass is 35.5. The lowest BCUT2D eigenvalue weighted by molar-refractivity contribution is 1.63. The summed E-state index contributed by atoms with van der Waals surface area (Å²) in [7, 11) is 0. The molecule has 0 heterocycles. The third-order valence-electron chi connectivity index (χ3n) is 0.305. The molecule has 0 aromatic heterocycles. The molecule has 0 bridgehead atoms. The van der Waals surface area contributed by atoms with Crippen LogP contribution in [0.15, 0.2) is 15.6 Å². The minimum atomic E-state index is 0.440. The van der Waals surface area contributed by atoms with Gasteiger partial charge in [0.1, 0.15) is 4.36 Å². The van der Waals surface area contributed by atoms with Gasteiger partial charge in [0.25, 0.3) is 0 Å². The molecule has 0 saturated carbocycles. The predicted molar refractivity (Wildman–Crippen MR) is 35.3 cm³/mol. The summed E-state index contributed by atoms with van der Waals surface area (Å²) >= 11 is 6.27. The fourth-order valence-corrected chi connectivity index (χ4v) is 0.307. The number of rotatable bonds is 2. The summed E-state index contributed by atoms with van der Waals surface area (Å²) in [6, 6.07) is 0. The molecule has 0 unspecified atom stereocenters. The van der Waals surface area contributed by atoms with Gasteiger partial charge in [-0.2, -0.15) is 0 Å². The van der Waals surface area contributed by atoms with Crippen LogP contribution in [0, 0.1) is 0 Å². The lowest BCUT2D eigenvalue weighted by atomic mass is 11.0. The van der Waals surface area contributed by atoms with E-state index in [0.29, 0.717) is 4.36 Å². The van der Waals surface area contributed by atoms with Crippen LogP contribution >= 0.6 is 23.5 Å². The SMILES string of the molecule is C=N/C=C(/Cl)SN. The molecule has 0 aliphatic rings. The molecular formula is C3H5ClN2S. The summed E-state index contributed by atoms with van der Waals surface area (Å²) in [5.41, 5.74) is 0. The summed E-state index contributed by atoms with van der Waals surface area (Å²) in [6.07, 6.45) is 1.38. The zero-order chi connectivity index (χ0) is 5.70. The van der Waals surface area contributed by atoms with Crippen molar-refractivity contribution in [2.45, 2.75) is 0 Å². The predicted octanol–water partition coefficient (Wildman–Crippen LogP) is 1.33. The second-order valence-electron chi connectivity index (χ2n) is 0.734. The highest BCUT2D eigenvalue weighted by Gasteiger charge is 1.80. The molecule has 2 N–H and O–H groups in total. The van der Waals surface area contributed by atoms with Crippen LogP contribution < -0.4 is 5.14 Å². The van der Waals surface area contributed by atoms with Crippen molar-refractivity contribution < 1.29 is 0 Å². The van der Waals surface area contributed by atoms with Gasteiger partial charge in [0.2, 0.25) is 0 Å². The molecule has 0 aliphatic carbocycles. The summed E-state index contributed by atoms with van der Waals surface area (Å²) < 4.78 is 0.440. The van der Waals surface area contributed by atoms with E-state index in [0.717, 1.165) is 11.9 Å². The van der Waals surface area contributed by atoms with Gasteiger partial charge in [-0.1, -0.05) is 11.6 Å². The topological polar surface area (TPSA) is 38.4 Å². The average Bonchev–Trinajstić information content (AvgIpc) is 1.68. The van der Waals surface area contributed by atoms with Crippen LogP contribution in [-0.4, -0.2) is 6.72 Å². The van der Waals surface area contributed by atoms with Gasteiger partial charge in [0.15, 0.2) is 0 Å². The molecule has 0 radical (unpaired) electrons. The highest BCUT2D eigenvalue weighted by molar-refractivity contribution is 8.02. The molecule has 0 fully saturated rings. The van der Waals surface area contributed by atoms with E-state index in [9.17, 15) is 0 Å². The molecular weight excluding hydrogens is 132 g/mol. The molecule has 40 valence electrons. The first-order valence-corrected chi connectivity index (χ1v) is 2.75. The van der Waals surface area contributed by atoms with E-state index < -0.39 is 0 Å². The van der Waals surface area contributed by atoms with Crippen LogP contribution in [0.4, 0.5) is 0 Å². The maximum Gasteiger partial charge on any atom is 0.107 e. The Morgan fingerprint density at radius 2 is 2.57 bits per heavy atom. The maximum atomic E-state index is 5.33. The Morgan fingerprint density at radius 1 is 2.00 bits per heavy atom. The standard InChI is InChI=1S/C3H5ClN2S/c1-6-2-3(4)7-5/h2H,1,5H2/b3-2-. The Balaban J connectivity index is 3.49. The third kappa shape index (κ3) is 3.85. The van der Waals surface area contributed by atoms with Gasteiger partial charge in [-0.3, -0.25) is 10.1 Å². The first kappa shape index (κ1) is 7.01. The largest absolute Gasteiger partial charge is 0.273 e. The van der Waals surface area contributed by atoms with Crippen LogP contribution in [0.3, 0.4) is 0 Å². The van der Waals surface area contributed by atoms with Crippen LogP contribution in [0.5, 0.6) is 0 Å². The second kappa shape index (κ2) is 4.18. The lowest BCUT2D eigenvalue weighted by Crippen LogP contribution is -1.72. The van der Waals surface area contributed by atoms with Gasteiger partial charge in [-0.25, -0.2) is 0 Å². The minimum Gasteiger partial charge on any atom is -0.273 e. The second-order valence-corrected chi connectivity index (χ2v) is 2.04. The highest BCUT2D eigenvalue weighted by Crippen LogP contribution is 2.11. The number of aliphatic imine (C=N–C) groups is 1. The van der Waals surface area contributed by atoms with Crippen molar-refractivity contribution in [1.82, 2.24) is 0 Å². The van der Waals surface area contributed by atoms with Crippen molar-refractivity contribution in [2.24, 2.45) is 10.1 Å². The molecule has 0 aliphatic heterocycles. The molecule has 0 saturated heterocycles. The third-order valence-corrected chi connectivity index (χ3v) is 1.00. The zero-order valence-corrected chi connectivity index (χ0v) is 5.17. The number of hydrogen-bond donors (Lipinski definition) is 1. The van der Waals surface area contributed by atoms with Gasteiger partial charge in [-0.05, 0) is 18.7 Å². The molecule has 0 atom stereocenters. The van der Waals surface area contributed by atoms with Crippen LogP contribution in [-0.2, 0) is 0 Å². The fourth-order valence-electron chi connectivity index (χ4n) is 0.102. The molecule has 0 rings (SSSR count). The molecule has 0 aromatic carbocycles. The van der Waals surface area contributed by atoms with Gasteiger partial charge >= 0.3 is 0 Å². The van der Waals surface area contributed by atoms with Crippen molar-refractivity contribution in [3.63, 3.8) is 0 Å². The molecule has 2 nitrogen and oxygen atoms in total. The van der Waals surface area contributed by atoms with E-state index in [4.69, 9.17) is 16.7 Å². The Bertz CT molecular complexity index is 90.9. The minimum absolute atomic E-state index is 0.440. The molecule has 0 aromatic rings. The smallest absolute Gasteiger partial charge is 0.107 e. The van der Waals surface area contributed by atoms with Crippen LogP contribution in [0.25, 0.3) is 0 Å². The first-order chi connectivity index (χ1) is 3.31. The molecule has 0 spiro atoms. The average molecular weight is 137 g/mol. The van der Waals surface area contributed by atoms with Gasteiger partial charge in [-0.15, -0.1) is 0 Å². The first-order valence-electron chi connectivity index (χ1n) is 1.49. The number of nitrogens with two attached hydrogens (primary N) is 1. The number of halogens is 1. The Labute approximate surface area is 51.6 Å². The van der Waals surface area contributed by atoms with Crippen molar-refractivity contribution >= 4 is 30.3 Å². The van der Waals surface area contributed by atoms with E-state index >= 15 is 0 Å². The molecule has 4 heteroatoms. The van der Waals surface area contributed by atoms with Crippen LogP contribution in [0.2, 0.25) is 0 Å². The fraction of sp³-hybridized carbons (Fsp3) is 0. The quantitative estimate of drug-likeness (QED) is 0.460. The van der Waals surface area contributed by atoms with Crippen molar-refractivity contribution in [2.75, 3.05) is 0 Å². The van der Waals surface area contributed by atoms with Gasteiger partial charge in [0.05, 0.1) is 6.20 Å². The number of nitrogens with zero attached hydrogens (tertiary/aromatic N) is 1. The monoisotopic (exact) mass is 136 g/mol. The van der Waals surface area contributed by atoms with E-state index in [1.807, 2.05) is 0 Å². The van der Waals surface area contributed by atoms with Crippen molar-refractivity contribution in [1.29, 1.82) is 0 Å². The van der Waals surface area contributed by atoms with Gasteiger partial charge in [0, 0.05) is 0 Å². The molecule has 0 amide bonds. The summed E-state index contributed by atoms with van der Waals surface area (Å²) in [4.78, 5) is 3.36. The molecule has 7 heavy (non-hydrogen) atoms. The zero-order valence-electron chi connectivity index (χ0n) is 3.60. The summed E-state index contributed by atoms with van der Waals surface area (Å²) in [5, 5.41) is 4.99. The summed E-state index contributed by atoms with van der Waals surface area (Å²) in [6.45, 7) is 3.17. The maximum absolute atomic E-state index is 5.33. The van der Waals surface area contributed by atoms with Crippen molar-refractivity contribution in [3.05, 3.63) is 10.6 Å². The Morgan fingerprint density at radius 3 is 2.71 bits per heavy atom. The van der Waals surface area contributed by atoms with Crippen LogP contribution in [0.1, 0.15) is 0 Å². The number of hydrogen-bond acceptors (Lipinski definition) is 3. The van der Waals surface area contributed by atoms with E-state index in [1.54, 1.807) is 0 Å².